The molecule has 0 radical (unpaired) electrons. The average Bonchev–Trinajstić information content (AvgIpc) is 2.17. The summed E-state index contributed by atoms with van der Waals surface area (Å²) in [5, 5.41) is 2.68. The van der Waals surface area contributed by atoms with Crippen LogP contribution in [0.4, 0.5) is 5.69 Å². The van der Waals surface area contributed by atoms with Gasteiger partial charge in [0, 0.05) is 5.69 Å². The van der Waals surface area contributed by atoms with Crippen LogP contribution in [0.1, 0.15) is 0 Å². The molecule has 4 heteroatoms. The van der Waals surface area contributed by atoms with Gasteiger partial charge in [0.15, 0.2) is 5.71 Å². The molecule has 3 N–H and O–H groups in total. The van der Waals surface area contributed by atoms with Gasteiger partial charge in [0.2, 0.25) is 0 Å². The summed E-state index contributed by atoms with van der Waals surface area (Å²) in [6, 6.07) is 9.17. The van der Waals surface area contributed by atoms with Crippen molar-refractivity contribution in [2.75, 3.05) is 5.32 Å². The number of hydrogen-bond donors (Lipinski definition) is 2. The molecular formula is C10H9N3O. The first-order chi connectivity index (χ1) is 6.77. The van der Waals surface area contributed by atoms with Crippen LogP contribution in [0.3, 0.4) is 0 Å². The molecule has 14 heavy (non-hydrogen) atoms. The lowest BCUT2D eigenvalue weighted by Crippen LogP contribution is -2.31. The molecule has 0 bridgehead atoms. The minimum absolute atomic E-state index is 0.267. The second-order valence-electron chi connectivity index (χ2n) is 2.88. The SMILES string of the molecule is NC1=CN=C1C(=O)Nc1ccccc1. The molecule has 4 nitrogen and oxygen atoms in total. The third-order valence-electron chi connectivity index (χ3n) is 1.85. The molecule has 2 rings (SSSR count). The molecule has 0 saturated carbocycles. The molecule has 0 unspecified atom stereocenters. The lowest BCUT2D eigenvalue weighted by atomic mass is 10.2. The summed E-state index contributed by atoms with van der Waals surface area (Å²) in [4.78, 5) is 15.2. The fourth-order valence-corrected chi connectivity index (χ4v) is 1.11. The van der Waals surface area contributed by atoms with E-state index >= 15 is 0 Å². The molecule has 1 heterocycles. The van der Waals surface area contributed by atoms with E-state index in [1.165, 1.54) is 6.20 Å². The van der Waals surface area contributed by atoms with Crippen LogP contribution >= 0.6 is 0 Å². The van der Waals surface area contributed by atoms with Gasteiger partial charge in [-0.05, 0) is 12.1 Å². The molecule has 0 fully saturated rings. The van der Waals surface area contributed by atoms with Crippen LogP contribution < -0.4 is 11.1 Å². The Balaban J connectivity index is 2.03. The monoisotopic (exact) mass is 187 g/mol. The smallest absolute Gasteiger partial charge is 0.276 e. The minimum atomic E-state index is -0.267. The van der Waals surface area contributed by atoms with Crippen molar-refractivity contribution in [2.24, 2.45) is 10.7 Å². The molecule has 0 aromatic heterocycles. The Kier molecular flexibility index (Phi) is 2.02. The van der Waals surface area contributed by atoms with E-state index < -0.39 is 0 Å². The van der Waals surface area contributed by atoms with Gasteiger partial charge in [-0.15, -0.1) is 0 Å². The maximum Gasteiger partial charge on any atom is 0.276 e. The second-order valence-corrected chi connectivity index (χ2v) is 2.88. The number of nitrogens with two attached hydrogens (primary N) is 1. The van der Waals surface area contributed by atoms with Gasteiger partial charge in [-0.2, -0.15) is 0 Å². The molecule has 1 aromatic rings. The molecule has 0 atom stereocenters. The van der Waals surface area contributed by atoms with E-state index in [0.29, 0.717) is 11.4 Å². The van der Waals surface area contributed by atoms with Crippen molar-refractivity contribution in [2.45, 2.75) is 0 Å². The van der Waals surface area contributed by atoms with Gasteiger partial charge in [-0.25, -0.2) is 4.99 Å². The van der Waals surface area contributed by atoms with Crippen molar-refractivity contribution in [3.63, 3.8) is 0 Å². The number of hydrogen-bond acceptors (Lipinski definition) is 3. The summed E-state index contributed by atoms with van der Waals surface area (Å²) in [6.07, 6.45) is 1.46. The molecule has 0 aliphatic carbocycles. The number of nitrogens with zero attached hydrogens (tertiary/aromatic N) is 1. The average molecular weight is 187 g/mol. The zero-order valence-electron chi connectivity index (χ0n) is 7.40. The van der Waals surface area contributed by atoms with Crippen LogP contribution in [0.15, 0.2) is 47.2 Å². The highest BCUT2D eigenvalue weighted by Gasteiger charge is 2.18. The predicted octanol–water partition coefficient (Wildman–Crippen LogP) is 0.880. The maximum atomic E-state index is 11.4. The van der Waals surface area contributed by atoms with Gasteiger partial charge in [0.1, 0.15) is 0 Å². The molecule has 1 amide bonds. The Morgan fingerprint density at radius 2 is 2.00 bits per heavy atom. The first-order valence-corrected chi connectivity index (χ1v) is 4.17. The van der Waals surface area contributed by atoms with E-state index in [1.807, 2.05) is 18.2 Å². The van der Waals surface area contributed by atoms with E-state index in [4.69, 9.17) is 5.73 Å². The van der Waals surface area contributed by atoms with Crippen molar-refractivity contribution in [3.05, 3.63) is 42.2 Å². The van der Waals surface area contributed by atoms with Crippen LogP contribution in [0.2, 0.25) is 0 Å². The number of carbonyl (C=O) groups excluding carboxylic acids is 1. The standard InChI is InChI=1S/C10H9N3O/c11-8-6-12-9(8)10(14)13-7-4-2-1-3-5-7/h1-6H,11H2,(H,13,14). The summed E-state index contributed by atoms with van der Waals surface area (Å²) in [5.74, 6) is -0.267. The molecule has 1 aliphatic rings. The third kappa shape index (κ3) is 1.50. The van der Waals surface area contributed by atoms with Crippen LogP contribution in [0.5, 0.6) is 0 Å². The van der Waals surface area contributed by atoms with E-state index in [1.54, 1.807) is 12.1 Å². The summed E-state index contributed by atoms with van der Waals surface area (Å²) in [5.41, 5.74) is 6.91. The molecule has 0 spiro atoms. The fourth-order valence-electron chi connectivity index (χ4n) is 1.11. The van der Waals surface area contributed by atoms with Gasteiger partial charge < -0.3 is 11.1 Å². The van der Waals surface area contributed by atoms with Gasteiger partial charge in [-0.1, -0.05) is 18.2 Å². The number of nitrogens with one attached hydrogen (secondary N) is 1. The predicted molar refractivity (Wildman–Crippen MR) is 54.8 cm³/mol. The highest BCUT2D eigenvalue weighted by atomic mass is 16.1. The first-order valence-electron chi connectivity index (χ1n) is 4.17. The van der Waals surface area contributed by atoms with Gasteiger partial charge in [0.05, 0.1) is 11.9 Å². The fraction of sp³-hybridized carbons (Fsp3) is 0. The summed E-state index contributed by atoms with van der Waals surface area (Å²) in [7, 11) is 0. The lowest BCUT2D eigenvalue weighted by Gasteiger charge is -2.11. The van der Waals surface area contributed by atoms with Crippen LogP contribution in [-0.4, -0.2) is 11.6 Å². The Bertz CT molecular complexity index is 420. The van der Waals surface area contributed by atoms with Crippen LogP contribution in [0, 0.1) is 0 Å². The quantitative estimate of drug-likeness (QED) is 0.721. The molecule has 1 aromatic carbocycles. The van der Waals surface area contributed by atoms with Crippen molar-refractivity contribution in [1.82, 2.24) is 0 Å². The van der Waals surface area contributed by atoms with E-state index in [2.05, 4.69) is 10.3 Å². The molecule has 0 saturated heterocycles. The van der Waals surface area contributed by atoms with Crippen molar-refractivity contribution >= 4 is 17.3 Å². The number of aliphatic imine (C=N–C) groups is 1. The number of anilines is 1. The van der Waals surface area contributed by atoms with Gasteiger partial charge in [-0.3, -0.25) is 4.79 Å². The number of para-hydroxylation sites is 1. The van der Waals surface area contributed by atoms with Crippen LogP contribution in [0.25, 0.3) is 0 Å². The largest absolute Gasteiger partial charge is 0.396 e. The van der Waals surface area contributed by atoms with E-state index in [0.717, 1.165) is 5.69 Å². The number of benzene rings is 1. The summed E-state index contributed by atoms with van der Waals surface area (Å²) in [6.45, 7) is 0. The second kappa shape index (κ2) is 3.33. The first kappa shape index (κ1) is 8.50. The van der Waals surface area contributed by atoms with Gasteiger partial charge >= 0.3 is 0 Å². The lowest BCUT2D eigenvalue weighted by molar-refractivity contribution is -0.110. The van der Waals surface area contributed by atoms with Crippen molar-refractivity contribution in [3.8, 4) is 0 Å². The van der Waals surface area contributed by atoms with Crippen LogP contribution in [-0.2, 0) is 4.79 Å². The number of carbonyl (C=O) groups is 1. The highest BCUT2D eigenvalue weighted by Crippen LogP contribution is 2.09. The Hall–Kier alpha value is -2.10. The van der Waals surface area contributed by atoms with Crippen molar-refractivity contribution < 1.29 is 4.79 Å². The highest BCUT2D eigenvalue weighted by molar-refractivity contribution is 6.50. The summed E-state index contributed by atoms with van der Waals surface area (Å²) < 4.78 is 0. The third-order valence-corrected chi connectivity index (χ3v) is 1.85. The van der Waals surface area contributed by atoms with Crippen molar-refractivity contribution in [1.29, 1.82) is 0 Å². The molecule has 1 aliphatic heterocycles. The Labute approximate surface area is 81.1 Å². The normalized spacial score (nSPS) is 13.7. The Morgan fingerprint density at radius 3 is 2.50 bits per heavy atom. The zero-order chi connectivity index (χ0) is 9.97. The topological polar surface area (TPSA) is 67.5 Å². The van der Waals surface area contributed by atoms with E-state index in [-0.39, 0.29) is 5.91 Å². The number of rotatable bonds is 2. The maximum absolute atomic E-state index is 11.4. The molecular weight excluding hydrogens is 178 g/mol. The zero-order valence-corrected chi connectivity index (χ0v) is 7.40. The minimum Gasteiger partial charge on any atom is -0.396 e. The number of amides is 1. The van der Waals surface area contributed by atoms with Gasteiger partial charge in [0.25, 0.3) is 5.91 Å². The Morgan fingerprint density at radius 1 is 1.29 bits per heavy atom. The summed E-state index contributed by atoms with van der Waals surface area (Å²) >= 11 is 0. The van der Waals surface area contributed by atoms with E-state index in [9.17, 15) is 4.79 Å². The molecule has 70 valence electrons.